The van der Waals surface area contributed by atoms with Gasteiger partial charge in [-0.15, -0.1) is 0 Å². The van der Waals surface area contributed by atoms with Gasteiger partial charge in [0.05, 0.1) is 0 Å². The van der Waals surface area contributed by atoms with Crippen molar-refractivity contribution in [3.05, 3.63) is 0 Å². The number of esters is 1. The van der Waals surface area contributed by atoms with Crippen LogP contribution in [0.25, 0.3) is 0 Å². The zero-order valence-electron chi connectivity index (χ0n) is 8.22. The molecular formula is C8H13F3O3. The summed E-state index contributed by atoms with van der Waals surface area (Å²) in [4.78, 5) is 10.9. The summed E-state index contributed by atoms with van der Waals surface area (Å²) in [5.74, 6) is -1.00. The first-order valence-electron chi connectivity index (χ1n) is 4.17. The maximum Gasteiger partial charge on any atom is 0.425 e. The number of rotatable bonds is 4. The van der Waals surface area contributed by atoms with Gasteiger partial charge in [-0.25, -0.2) is 4.79 Å². The smallest absolute Gasteiger partial charge is 0.425 e. The van der Waals surface area contributed by atoms with Crippen LogP contribution in [0.4, 0.5) is 13.2 Å². The standard InChI is InChI=1S/C8H13F3O3/c1-4-13-5(2)7(12)14-6(3)8(9,10)11/h5-6H,4H2,1-3H3. The van der Waals surface area contributed by atoms with Crippen molar-refractivity contribution in [3.8, 4) is 0 Å². The molecule has 0 fully saturated rings. The topological polar surface area (TPSA) is 35.5 Å². The highest BCUT2D eigenvalue weighted by molar-refractivity contribution is 5.74. The normalized spacial score (nSPS) is 16.1. The second-order valence-corrected chi connectivity index (χ2v) is 2.72. The van der Waals surface area contributed by atoms with Crippen molar-refractivity contribution < 1.29 is 27.4 Å². The first-order chi connectivity index (χ1) is 6.29. The Hall–Kier alpha value is -0.780. The van der Waals surface area contributed by atoms with Gasteiger partial charge in [-0.05, 0) is 20.8 Å². The van der Waals surface area contributed by atoms with E-state index in [1.807, 2.05) is 0 Å². The van der Waals surface area contributed by atoms with Crippen LogP contribution in [0, 0.1) is 0 Å². The van der Waals surface area contributed by atoms with E-state index in [0.29, 0.717) is 0 Å². The van der Waals surface area contributed by atoms with Crippen LogP contribution < -0.4 is 0 Å². The number of hydrogen-bond donors (Lipinski definition) is 0. The second-order valence-electron chi connectivity index (χ2n) is 2.72. The second kappa shape index (κ2) is 5.19. The lowest BCUT2D eigenvalue weighted by molar-refractivity contribution is -0.221. The van der Waals surface area contributed by atoms with Crippen LogP contribution in [0.15, 0.2) is 0 Å². The van der Waals surface area contributed by atoms with Gasteiger partial charge in [0, 0.05) is 6.61 Å². The van der Waals surface area contributed by atoms with Gasteiger partial charge in [-0.3, -0.25) is 0 Å². The number of halogens is 3. The van der Waals surface area contributed by atoms with Crippen LogP contribution in [0.1, 0.15) is 20.8 Å². The molecule has 0 aliphatic carbocycles. The van der Waals surface area contributed by atoms with Gasteiger partial charge in [-0.1, -0.05) is 0 Å². The molecular weight excluding hydrogens is 201 g/mol. The average Bonchev–Trinajstić information content (AvgIpc) is 2.02. The number of hydrogen-bond acceptors (Lipinski definition) is 3. The molecule has 0 aromatic rings. The lowest BCUT2D eigenvalue weighted by atomic mass is 10.3. The molecule has 0 aliphatic heterocycles. The van der Waals surface area contributed by atoms with Gasteiger partial charge in [0.1, 0.15) is 0 Å². The van der Waals surface area contributed by atoms with Crippen LogP contribution in [-0.4, -0.2) is 31.0 Å². The largest absolute Gasteiger partial charge is 0.451 e. The molecule has 14 heavy (non-hydrogen) atoms. The summed E-state index contributed by atoms with van der Waals surface area (Å²) in [6.07, 6.45) is -7.59. The third kappa shape index (κ3) is 4.45. The van der Waals surface area contributed by atoms with Gasteiger partial charge in [0.15, 0.2) is 12.2 Å². The Morgan fingerprint density at radius 1 is 1.36 bits per heavy atom. The zero-order chi connectivity index (χ0) is 11.4. The van der Waals surface area contributed by atoms with Crippen LogP contribution in [-0.2, 0) is 14.3 Å². The van der Waals surface area contributed by atoms with E-state index < -0.39 is 24.4 Å². The molecule has 0 aromatic heterocycles. The van der Waals surface area contributed by atoms with E-state index in [1.165, 1.54) is 6.92 Å². The van der Waals surface area contributed by atoms with Crippen molar-refractivity contribution in [2.24, 2.45) is 0 Å². The Labute approximate surface area is 80.2 Å². The van der Waals surface area contributed by atoms with Crippen LogP contribution in [0.2, 0.25) is 0 Å². The van der Waals surface area contributed by atoms with Gasteiger partial charge >= 0.3 is 12.1 Å². The minimum atomic E-state index is -4.53. The molecule has 0 aromatic carbocycles. The summed E-state index contributed by atoms with van der Waals surface area (Å²) in [5, 5.41) is 0. The molecule has 0 saturated carbocycles. The maximum atomic E-state index is 11.9. The molecule has 0 saturated heterocycles. The highest BCUT2D eigenvalue weighted by Crippen LogP contribution is 2.22. The number of ether oxygens (including phenoxy) is 2. The summed E-state index contributed by atoms with van der Waals surface area (Å²) in [6.45, 7) is 4.00. The molecule has 0 heterocycles. The third-order valence-electron chi connectivity index (χ3n) is 1.50. The molecule has 0 radical (unpaired) electrons. The number of alkyl halides is 3. The average molecular weight is 214 g/mol. The van der Waals surface area contributed by atoms with Crippen molar-refractivity contribution in [3.63, 3.8) is 0 Å². The Bertz CT molecular complexity index is 191. The molecule has 0 N–H and O–H groups in total. The molecule has 2 atom stereocenters. The molecule has 0 aliphatic rings. The number of carbonyl (C=O) groups is 1. The van der Waals surface area contributed by atoms with Crippen LogP contribution in [0.3, 0.4) is 0 Å². The highest BCUT2D eigenvalue weighted by atomic mass is 19.4. The Morgan fingerprint density at radius 2 is 1.86 bits per heavy atom. The molecule has 84 valence electrons. The fourth-order valence-corrected chi connectivity index (χ4v) is 0.655. The summed E-state index contributed by atoms with van der Waals surface area (Å²) >= 11 is 0. The predicted molar refractivity (Wildman–Crippen MR) is 42.7 cm³/mol. The zero-order valence-corrected chi connectivity index (χ0v) is 8.22. The summed E-state index contributed by atoms with van der Waals surface area (Å²) in [5.41, 5.74) is 0. The van der Waals surface area contributed by atoms with Crippen LogP contribution >= 0.6 is 0 Å². The Morgan fingerprint density at radius 3 is 2.21 bits per heavy atom. The molecule has 0 amide bonds. The fraction of sp³-hybridized carbons (Fsp3) is 0.875. The SMILES string of the molecule is CCOC(C)C(=O)OC(C)C(F)(F)F. The van der Waals surface area contributed by atoms with E-state index in [4.69, 9.17) is 4.74 Å². The van der Waals surface area contributed by atoms with Crippen molar-refractivity contribution in [2.75, 3.05) is 6.61 Å². The summed E-state index contributed by atoms with van der Waals surface area (Å²) < 4.78 is 44.7. The van der Waals surface area contributed by atoms with Crippen molar-refractivity contribution in [1.82, 2.24) is 0 Å². The number of carbonyl (C=O) groups excluding carboxylic acids is 1. The van der Waals surface area contributed by atoms with Crippen molar-refractivity contribution in [1.29, 1.82) is 0 Å². The van der Waals surface area contributed by atoms with E-state index in [1.54, 1.807) is 6.92 Å². The predicted octanol–water partition coefficient (Wildman–Crippen LogP) is 1.91. The van der Waals surface area contributed by atoms with Crippen molar-refractivity contribution in [2.45, 2.75) is 39.2 Å². The highest BCUT2D eigenvalue weighted by Gasteiger charge is 2.39. The monoisotopic (exact) mass is 214 g/mol. The van der Waals surface area contributed by atoms with E-state index in [2.05, 4.69) is 4.74 Å². The van der Waals surface area contributed by atoms with Gasteiger partial charge in [0.2, 0.25) is 0 Å². The molecule has 0 bridgehead atoms. The molecule has 0 rings (SSSR count). The van der Waals surface area contributed by atoms with Crippen LogP contribution in [0.5, 0.6) is 0 Å². The van der Waals surface area contributed by atoms with E-state index in [9.17, 15) is 18.0 Å². The minimum absolute atomic E-state index is 0.247. The first-order valence-corrected chi connectivity index (χ1v) is 4.17. The molecule has 3 nitrogen and oxygen atoms in total. The molecule has 2 unspecified atom stereocenters. The quantitative estimate of drug-likeness (QED) is 0.670. The third-order valence-corrected chi connectivity index (χ3v) is 1.50. The van der Waals surface area contributed by atoms with E-state index in [0.717, 1.165) is 6.92 Å². The lowest BCUT2D eigenvalue weighted by Gasteiger charge is -2.18. The first kappa shape index (κ1) is 13.2. The van der Waals surface area contributed by atoms with Crippen molar-refractivity contribution >= 4 is 5.97 Å². The van der Waals surface area contributed by atoms with E-state index >= 15 is 0 Å². The molecule has 6 heteroatoms. The fourth-order valence-electron chi connectivity index (χ4n) is 0.655. The van der Waals surface area contributed by atoms with E-state index in [-0.39, 0.29) is 6.61 Å². The lowest BCUT2D eigenvalue weighted by Crippen LogP contribution is -2.35. The van der Waals surface area contributed by atoms with Gasteiger partial charge in [-0.2, -0.15) is 13.2 Å². The Kier molecular flexibility index (Phi) is 4.90. The summed E-state index contributed by atoms with van der Waals surface area (Å²) in [7, 11) is 0. The maximum absolute atomic E-state index is 11.9. The van der Waals surface area contributed by atoms with Gasteiger partial charge < -0.3 is 9.47 Å². The van der Waals surface area contributed by atoms with Gasteiger partial charge in [0.25, 0.3) is 0 Å². The minimum Gasteiger partial charge on any atom is -0.451 e. The Balaban J connectivity index is 4.06. The molecule has 0 spiro atoms. The summed E-state index contributed by atoms with van der Waals surface area (Å²) in [6, 6.07) is 0.